The minimum atomic E-state index is -5.94. The standard InChI is InChI=1S/C20H23F6NO7/c1-4-33-15(28)13-12(10-6-8-11(32-3)9-7-10)14(16(29)34-5-2)18(31,20(24,25)26)27-17(13,30)19(21,22)23/h6-9,12-14,27,30-31H,4-5H2,1-3H3/t12?,13-,14+,17-,18-/m1/s1. The van der Waals surface area contributed by atoms with Crippen LogP contribution in [0.5, 0.6) is 5.75 Å². The van der Waals surface area contributed by atoms with Gasteiger partial charge >= 0.3 is 24.3 Å². The Bertz CT molecular complexity index is 843. The second kappa shape index (κ2) is 9.58. The highest BCUT2D eigenvalue weighted by atomic mass is 19.4. The van der Waals surface area contributed by atoms with Gasteiger partial charge in [0.1, 0.15) is 17.6 Å². The Morgan fingerprint density at radius 2 is 1.26 bits per heavy atom. The van der Waals surface area contributed by atoms with E-state index in [9.17, 15) is 46.1 Å². The summed E-state index contributed by atoms with van der Waals surface area (Å²) in [6.45, 7) is 1.45. The molecule has 0 bridgehead atoms. The molecule has 2 rings (SSSR count). The summed E-state index contributed by atoms with van der Waals surface area (Å²) in [4.78, 5) is 25.4. The third-order valence-electron chi connectivity index (χ3n) is 5.45. The Kier molecular flexibility index (Phi) is 7.80. The van der Waals surface area contributed by atoms with Crippen molar-refractivity contribution in [1.82, 2.24) is 5.32 Å². The number of carbonyl (C=O) groups excluding carboxylic acids is 2. The summed E-state index contributed by atoms with van der Waals surface area (Å²) in [5.74, 6) is -11.5. The van der Waals surface area contributed by atoms with Crippen LogP contribution in [0.2, 0.25) is 0 Å². The zero-order chi connectivity index (χ0) is 26.1. The second-order valence-electron chi connectivity index (χ2n) is 7.41. The zero-order valence-electron chi connectivity index (χ0n) is 18.2. The van der Waals surface area contributed by atoms with Crippen LogP contribution in [0.4, 0.5) is 26.3 Å². The number of hydrogen-bond acceptors (Lipinski definition) is 8. The number of hydrogen-bond donors (Lipinski definition) is 3. The maximum atomic E-state index is 14.1. The highest BCUT2D eigenvalue weighted by Gasteiger charge is 2.78. The van der Waals surface area contributed by atoms with E-state index >= 15 is 0 Å². The molecule has 1 unspecified atom stereocenters. The summed E-state index contributed by atoms with van der Waals surface area (Å²) in [5, 5.41) is 21.8. The maximum absolute atomic E-state index is 14.1. The Hall–Kier alpha value is -2.58. The number of rotatable bonds is 6. The second-order valence-corrected chi connectivity index (χ2v) is 7.41. The van der Waals surface area contributed by atoms with E-state index in [1.165, 1.54) is 21.0 Å². The molecule has 0 radical (unpaired) electrons. The molecule has 3 N–H and O–H groups in total. The quantitative estimate of drug-likeness (QED) is 0.400. The minimum absolute atomic E-state index is 0.148. The molecule has 8 nitrogen and oxygen atoms in total. The molecular formula is C20H23F6NO7. The molecule has 1 aromatic carbocycles. The van der Waals surface area contributed by atoms with Crippen LogP contribution in [-0.2, 0) is 19.1 Å². The van der Waals surface area contributed by atoms with Crippen molar-refractivity contribution in [3.63, 3.8) is 0 Å². The molecular weight excluding hydrogens is 480 g/mol. The molecule has 0 aromatic heterocycles. The van der Waals surface area contributed by atoms with E-state index in [0.29, 0.717) is 0 Å². The van der Waals surface area contributed by atoms with Gasteiger partial charge in [0, 0.05) is 5.92 Å². The largest absolute Gasteiger partial charge is 0.497 e. The number of esters is 2. The van der Waals surface area contributed by atoms with Crippen molar-refractivity contribution >= 4 is 11.9 Å². The molecule has 5 atom stereocenters. The van der Waals surface area contributed by atoms with Crippen LogP contribution in [0.1, 0.15) is 25.3 Å². The fraction of sp³-hybridized carbons (Fsp3) is 0.600. The summed E-state index contributed by atoms with van der Waals surface area (Å²) in [6.07, 6.45) is -11.9. The number of halogens is 6. The van der Waals surface area contributed by atoms with Gasteiger partial charge in [-0.1, -0.05) is 12.1 Å². The third-order valence-corrected chi connectivity index (χ3v) is 5.45. The van der Waals surface area contributed by atoms with Crippen molar-refractivity contribution in [3.8, 4) is 5.75 Å². The first kappa shape index (κ1) is 27.7. The highest BCUT2D eigenvalue weighted by Crippen LogP contribution is 2.55. The molecule has 1 aliphatic heterocycles. The van der Waals surface area contributed by atoms with Crippen molar-refractivity contribution in [2.75, 3.05) is 20.3 Å². The van der Waals surface area contributed by atoms with Crippen LogP contribution in [0, 0.1) is 11.8 Å². The Balaban J connectivity index is 2.95. The van der Waals surface area contributed by atoms with Crippen molar-refractivity contribution in [2.45, 2.75) is 43.6 Å². The number of benzene rings is 1. The van der Waals surface area contributed by atoms with E-state index in [0.717, 1.165) is 29.6 Å². The number of piperidine rings is 1. The molecule has 1 aliphatic rings. The van der Waals surface area contributed by atoms with E-state index in [-0.39, 0.29) is 5.75 Å². The fourth-order valence-electron chi connectivity index (χ4n) is 3.96. The van der Waals surface area contributed by atoms with Gasteiger partial charge in [-0.15, -0.1) is 0 Å². The van der Waals surface area contributed by atoms with Gasteiger partial charge in [0.15, 0.2) is 0 Å². The summed E-state index contributed by atoms with van der Waals surface area (Å²) in [7, 11) is 1.24. The highest BCUT2D eigenvalue weighted by molar-refractivity contribution is 5.81. The average Bonchev–Trinajstić information content (AvgIpc) is 2.72. The van der Waals surface area contributed by atoms with Crippen LogP contribution in [0.3, 0.4) is 0 Å². The lowest BCUT2D eigenvalue weighted by atomic mass is 9.64. The van der Waals surface area contributed by atoms with Gasteiger partial charge in [0.05, 0.1) is 20.3 Å². The SMILES string of the molecule is CCOC(=O)[C@@H]1C(c2ccc(OC)cc2)[C@H](C(=O)OCC)[C@@](O)(C(F)(F)F)N[C@]1(O)C(F)(F)F. The molecule has 1 heterocycles. The lowest BCUT2D eigenvalue weighted by molar-refractivity contribution is -0.376. The van der Waals surface area contributed by atoms with E-state index in [2.05, 4.69) is 9.47 Å². The van der Waals surface area contributed by atoms with Gasteiger partial charge in [-0.05, 0) is 31.5 Å². The van der Waals surface area contributed by atoms with E-state index in [4.69, 9.17) is 4.74 Å². The van der Waals surface area contributed by atoms with Crippen molar-refractivity contribution in [2.24, 2.45) is 11.8 Å². The first-order chi connectivity index (χ1) is 15.6. The zero-order valence-corrected chi connectivity index (χ0v) is 18.2. The van der Waals surface area contributed by atoms with Gasteiger partial charge in [-0.3, -0.25) is 9.59 Å². The summed E-state index contributed by atoms with van der Waals surface area (Å²) in [6, 6.07) is 4.31. The molecule has 0 amide bonds. The average molecular weight is 503 g/mol. The number of nitrogens with one attached hydrogen (secondary N) is 1. The lowest BCUT2D eigenvalue weighted by Gasteiger charge is -2.54. The maximum Gasteiger partial charge on any atom is 0.432 e. The monoisotopic (exact) mass is 503 g/mol. The molecule has 1 fully saturated rings. The topological polar surface area (TPSA) is 114 Å². The minimum Gasteiger partial charge on any atom is -0.497 e. The molecule has 14 heteroatoms. The van der Waals surface area contributed by atoms with Gasteiger partial charge in [-0.25, -0.2) is 5.32 Å². The summed E-state index contributed by atoms with van der Waals surface area (Å²) >= 11 is 0. The Labute approximate surface area is 189 Å². The van der Waals surface area contributed by atoms with Crippen LogP contribution in [0.15, 0.2) is 24.3 Å². The number of ether oxygens (including phenoxy) is 3. The van der Waals surface area contributed by atoms with E-state index in [1.807, 2.05) is 0 Å². The van der Waals surface area contributed by atoms with E-state index < -0.39 is 72.3 Å². The van der Waals surface area contributed by atoms with Gasteiger partial charge < -0.3 is 24.4 Å². The normalized spacial score (nSPS) is 29.9. The van der Waals surface area contributed by atoms with E-state index in [1.54, 1.807) is 0 Å². The molecule has 192 valence electrons. The molecule has 34 heavy (non-hydrogen) atoms. The van der Waals surface area contributed by atoms with Gasteiger partial charge in [0.2, 0.25) is 11.4 Å². The predicted octanol–water partition coefficient (Wildman–Crippen LogP) is 2.24. The van der Waals surface area contributed by atoms with Crippen LogP contribution in [-0.4, -0.2) is 66.3 Å². The van der Waals surface area contributed by atoms with Gasteiger partial charge in [0.25, 0.3) is 0 Å². The van der Waals surface area contributed by atoms with Crippen LogP contribution >= 0.6 is 0 Å². The predicted molar refractivity (Wildman–Crippen MR) is 101 cm³/mol. The Morgan fingerprint density at radius 1 is 0.882 bits per heavy atom. The summed E-state index contributed by atoms with van der Waals surface area (Å²) in [5.41, 5.74) is -9.74. The lowest BCUT2D eigenvalue weighted by Crippen LogP contribution is -2.81. The summed E-state index contributed by atoms with van der Waals surface area (Å²) < 4.78 is 98.5. The van der Waals surface area contributed by atoms with Crippen LogP contribution < -0.4 is 10.1 Å². The molecule has 1 aromatic rings. The number of methoxy groups -OCH3 is 1. The number of alkyl halides is 6. The van der Waals surface area contributed by atoms with Crippen molar-refractivity contribution < 1.29 is 60.4 Å². The Morgan fingerprint density at radius 3 is 1.56 bits per heavy atom. The molecule has 0 saturated carbocycles. The van der Waals surface area contributed by atoms with Gasteiger partial charge in [-0.2, -0.15) is 26.3 Å². The smallest absolute Gasteiger partial charge is 0.432 e. The first-order valence-corrected chi connectivity index (χ1v) is 9.93. The molecule has 0 spiro atoms. The third kappa shape index (κ3) is 4.66. The first-order valence-electron chi connectivity index (χ1n) is 9.93. The van der Waals surface area contributed by atoms with Crippen molar-refractivity contribution in [3.05, 3.63) is 29.8 Å². The molecule has 1 saturated heterocycles. The number of aliphatic hydroxyl groups is 2. The number of carbonyl (C=O) groups is 2. The van der Waals surface area contributed by atoms with Crippen molar-refractivity contribution in [1.29, 1.82) is 0 Å². The van der Waals surface area contributed by atoms with Crippen LogP contribution in [0.25, 0.3) is 0 Å². The molecule has 0 aliphatic carbocycles. The fourth-order valence-corrected chi connectivity index (χ4v) is 3.96.